The average molecular weight is 231 g/mol. The van der Waals surface area contributed by atoms with Crippen LogP contribution in [-0.4, -0.2) is 19.4 Å². The lowest BCUT2D eigenvalue weighted by molar-refractivity contribution is -0.111. The smallest absolute Gasteiger partial charge is 0.123 e. The lowest BCUT2D eigenvalue weighted by atomic mass is 9.98. The van der Waals surface area contributed by atoms with Crippen molar-refractivity contribution >= 4 is 12.0 Å². The highest BCUT2D eigenvalue weighted by molar-refractivity contribution is 5.55. The average Bonchev–Trinajstić information content (AvgIpc) is 2.40. The molecule has 1 aliphatic heterocycles. The number of hydrogen-bond acceptors (Lipinski definition) is 2. The molecule has 0 N–H and O–H groups in total. The Hall–Kier alpha value is -1.31. The number of aldehydes is 1. The monoisotopic (exact) mass is 231 g/mol. The Kier molecular flexibility index (Phi) is 4.18. The Balaban J connectivity index is 1.96. The van der Waals surface area contributed by atoms with E-state index >= 15 is 0 Å². The Bertz CT molecular complexity index is 350. The van der Waals surface area contributed by atoms with E-state index in [9.17, 15) is 4.79 Å². The topological polar surface area (TPSA) is 20.3 Å². The molecular formula is C15H21NO. The molecule has 1 saturated heterocycles. The predicted molar refractivity (Wildman–Crippen MR) is 71.4 cm³/mol. The van der Waals surface area contributed by atoms with E-state index in [4.69, 9.17) is 0 Å². The first-order chi connectivity index (χ1) is 8.33. The summed E-state index contributed by atoms with van der Waals surface area (Å²) in [4.78, 5) is 13.1. The quantitative estimate of drug-likeness (QED) is 0.742. The molecule has 0 saturated carbocycles. The van der Waals surface area contributed by atoms with Crippen LogP contribution in [0.3, 0.4) is 0 Å². The molecule has 0 aromatic heterocycles. The number of piperidine rings is 1. The lowest BCUT2D eigenvalue weighted by Gasteiger charge is -2.31. The molecule has 2 rings (SSSR count). The van der Waals surface area contributed by atoms with E-state index in [1.165, 1.54) is 17.7 Å². The van der Waals surface area contributed by atoms with Crippen LogP contribution in [0, 0.1) is 5.92 Å². The first-order valence-electron chi connectivity index (χ1n) is 6.62. The zero-order valence-corrected chi connectivity index (χ0v) is 10.6. The van der Waals surface area contributed by atoms with Gasteiger partial charge in [-0.3, -0.25) is 0 Å². The maximum atomic E-state index is 10.7. The third-order valence-electron chi connectivity index (χ3n) is 3.57. The van der Waals surface area contributed by atoms with Crippen LogP contribution >= 0.6 is 0 Å². The molecule has 0 unspecified atom stereocenters. The number of aryl methyl sites for hydroxylation is 1. The van der Waals surface area contributed by atoms with Crippen molar-refractivity contribution in [1.82, 2.24) is 0 Å². The SMILES string of the molecule is CCCc1ccc(N2CCC(C=O)CC2)cc1. The van der Waals surface area contributed by atoms with Crippen LogP contribution in [0.15, 0.2) is 24.3 Å². The summed E-state index contributed by atoms with van der Waals surface area (Å²) in [6.45, 7) is 4.23. The summed E-state index contributed by atoms with van der Waals surface area (Å²) in [7, 11) is 0. The van der Waals surface area contributed by atoms with Gasteiger partial charge in [-0.2, -0.15) is 0 Å². The Labute approximate surface area is 104 Å². The van der Waals surface area contributed by atoms with E-state index < -0.39 is 0 Å². The van der Waals surface area contributed by atoms with Crippen LogP contribution in [0.4, 0.5) is 5.69 Å². The summed E-state index contributed by atoms with van der Waals surface area (Å²) in [5.41, 5.74) is 2.72. The van der Waals surface area contributed by atoms with Crippen molar-refractivity contribution in [2.24, 2.45) is 5.92 Å². The van der Waals surface area contributed by atoms with E-state index in [0.29, 0.717) is 0 Å². The molecule has 0 atom stereocenters. The molecule has 0 spiro atoms. The molecule has 1 fully saturated rings. The van der Waals surface area contributed by atoms with Crippen molar-refractivity contribution in [2.45, 2.75) is 32.6 Å². The zero-order chi connectivity index (χ0) is 12.1. The fourth-order valence-electron chi connectivity index (χ4n) is 2.46. The molecule has 2 nitrogen and oxygen atoms in total. The summed E-state index contributed by atoms with van der Waals surface area (Å²) in [5.74, 6) is 0.283. The van der Waals surface area contributed by atoms with E-state index in [2.05, 4.69) is 36.1 Å². The minimum Gasteiger partial charge on any atom is -0.371 e. The van der Waals surface area contributed by atoms with Crippen LogP contribution in [0.5, 0.6) is 0 Å². The highest BCUT2D eigenvalue weighted by Gasteiger charge is 2.18. The molecule has 1 aromatic carbocycles. The maximum Gasteiger partial charge on any atom is 0.123 e. The minimum atomic E-state index is 0.283. The summed E-state index contributed by atoms with van der Waals surface area (Å²) < 4.78 is 0. The van der Waals surface area contributed by atoms with Gasteiger partial charge in [0, 0.05) is 24.7 Å². The Morgan fingerprint density at radius 2 is 1.88 bits per heavy atom. The first kappa shape index (κ1) is 12.2. The number of carbonyl (C=O) groups excluding carboxylic acids is 1. The molecule has 1 aliphatic rings. The molecule has 92 valence electrons. The molecule has 0 radical (unpaired) electrons. The van der Waals surface area contributed by atoms with E-state index in [1.807, 2.05) is 0 Å². The van der Waals surface area contributed by atoms with Crippen LogP contribution in [-0.2, 0) is 11.2 Å². The Morgan fingerprint density at radius 3 is 2.41 bits per heavy atom. The molecule has 0 aliphatic carbocycles. The summed E-state index contributed by atoms with van der Waals surface area (Å²) >= 11 is 0. The highest BCUT2D eigenvalue weighted by atomic mass is 16.1. The van der Waals surface area contributed by atoms with Crippen LogP contribution < -0.4 is 4.90 Å². The second-order valence-electron chi connectivity index (χ2n) is 4.88. The number of carbonyl (C=O) groups is 1. The molecule has 1 heterocycles. The van der Waals surface area contributed by atoms with Gasteiger partial charge in [-0.25, -0.2) is 0 Å². The second-order valence-corrected chi connectivity index (χ2v) is 4.88. The fraction of sp³-hybridized carbons (Fsp3) is 0.533. The van der Waals surface area contributed by atoms with Gasteiger partial charge >= 0.3 is 0 Å². The standard InChI is InChI=1S/C15H21NO/c1-2-3-13-4-6-15(7-5-13)16-10-8-14(12-17)9-11-16/h4-7,12,14H,2-3,8-11H2,1H3. The van der Waals surface area contributed by atoms with Gasteiger partial charge in [0.1, 0.15) is 6.29 Å². The summed E-state index contributed by atoms with van der Waals surface area (Å²) in [6, 6.07) is 8.88. The largest absolute Gasteiger partial charge is 0.371 e. The molecule has 2 heteroatoms. The van der Waals surface area contributed by atoms with Crippen molar-refractivity contribution < 1.29 is 4.79 Å². The number of benzene rings is 1. The van der Waals surface area contributed by atoms with E-state index in [1.54, 1.807) is 0 Å². The van der Waals surface area contributed by atoms with Gasteiger partial charge < -0.3 is 9.69 Å². The van der Waals surface area contributed by atoms with Crippen LogP contribution in [0.25, 0.3) is 0 Å². The molecule has 17 heavy (non-hydrogen) atoms. The van der Waals surface area contributed by atoms with Crippen molar-refractivity contribution in [3.05, 3.63) is 29.8 Å². The predicted octanol–water partition coefficient (Wildman–Crippen LogP) is 3.05. The number of nitrogens with zero attached hydrogens (tertiary/aromatic N) is 1. The number of anilines is 1. The first-order valence-corrected chi connectivity index (χ1v) is 6.62. The lowest BCUT2D eigenvalue weighted by Crippen LogP contribution is -2.34. The van der Waals surface area contributed by atoms with Crippen molar-refractivity contribution in [2.75, 3.05) is 18.0 Å². The fourth-order valence-corrected chi connectivity index (χ4v) is 2.46. The normalized spacial score (nSPS) is 17.1. The van der Waals surface area contributed by atoms with Crippen molar-refractivity contribution in [3.63, 3.8) is 0 Å². The van der Waals surface area contributed by atoms with E-state index in [0.717, 1.165) is 38.6 Å². The van der Waals surface area contributed by atoms with Gasteiger partial charge in [-0.1, -0.05) is 25.5 Å². The van der Waals surface area contributed by atoms with Crippen LogP contribution in [0.1, 0.15) is 31.7 Å². The minimum absolute atomic E-state index is 0.283. The van der Waals surface area contributed by atoms with Gasteiger partial charge in [0.25, 0.3) is 0 Å². The van der Waals surface area contributed by atoms with Gasteiger partial charge in [0.2, 0.25) is 0 Å². The van der Waals surface area contributed by atoms with Crippen LogP contribution in [0.2, 0.25) is 0 Å². The van der Waals surface area contributed by atoms with Crippen molar-refractivity contribution in [3.8, 4) is 0 Å². The zero-order valence-electron chi connectivity index (χ0n) is 10.6. The molecule has 0 bridgehead atoms. The number of hydrogen-bond donors (Lipinski definition) is 0. The summed E-state index contributed by atoms with van der Waals surface area (Å²) in [6.07, 6.45) is 5.47. The Morgan fingerprint density at radius 1 is 1.24 bits per heavy atom. The molecular weight excluding hydrogens is 210 g/mol. The summed E-state index contributed by atoms with van der Waals surface area (Å²) in [5, 5.41) is 0. The maximum absolute atomic E-state index is 10.7. The highest BCUT2D eigenvalue weighted by Crippen LogP contribution is 2.22. The van der Waals surface area contributed by atoms with E-state index in [-0.39, 0.29) is 5.92 Å². The van der Waals surface area contributed by atoms with Gasteiger partial charge in [0.15, 0.2) is 0 Å². The number of rotatable bonds is 4. The third-order valence-corrected chi connectivity index (χ3v) is 3.57. The van der Waals surface area contributed by atoms with Gasteiger partial charge in [-0.15, -0.1) is 0 Å². The van der Waals surface area contributed by atoms with Gasteiger partial charge in [0.05, 0.1) is 0 Å². The molecule has 1 aromatic rings. The third kappa shape index (κ3) is 3.09. The second kappa shape index (κ2) is 5.85. The van der Waals surface area contributed by atoms with Crippen molar-refractivity contribution in [1.29, 1.82) is 0 Å². The van der Waals surface area contributed by atoms with Gasteiger partial charge in [-0.05, 0) is 37.0 Å². The molecule has 0 amide bonds.